The number of nitrogens with one attached hydrogen (secondary N) is 1. The molecule has 0 saturated heterocycles. The highest BCUT2D eigenvalue weighted by molar-refractivity contribution is 5.27. The zero-order valence-electron chi connectivity index (χ0n) is 8.78. The van der Waals surface area contributed by atoms with Crippen molar-refractivity contribution in [2.24, 2.45) is 0 Å². The Morgan fingerprint density at radius 2 is 2.00 bits per heavy atom. The van der Waals surface area contributed by atoms with Crippen molar-refractivity contribution in [1.82, 2.24) is 5.32 Å². The molecule has 0 atom stereocenters. The fourth-order valence-corrected chi connectivity index (χ4v) is 1.42. The largest absolute Gasteiger partial charge is 0.491 e. The molecule has 0 aromatic heterocycles. The van der Waals surface area contributed by atoms with E-state index in [9.17, 15) is 0 Å². The van der Waals surface area contributed by atoms with Crippen LogP contribution in [0.25, 0.3) is 0 Å². The molecule has 3 nitrogen and oxygen atoms in total. The monoisotopic (exact) mass is 207 g/mol. The molecule has 1 aromatic carbocycles. The van der Waals surface area contributed by atoms with Crippen LogP contribution in [0, 0.1) is 0 Å². The van der Waals surface area contributed by atoms with Gasteiger partial charge in [-0.2, -0.15) is 0 Å². The standard InChI is InChI=1S/C12H17NO2/c14-7-8-15-12-5-1-10(2-6-12)9-13-11-3-4-11/h1-2,5-6,11,13-14H,3-4,7-9H2. The lowest BCUT2D eigenvalue weighted by Gasteiger charge is -2.06. The number of benzene rings is 1. The summed E-state index contributed by atoms with van der Waals surface area (Å²) in [5, 5.41) is 12.1. The summed E-state index contributed by atoms with van der Waals surface area (Å²) in [4.78, 5) is 0. The summed E-state index contributed by atoms with van der Waals surface area (Å²) in [5.41, 5.74) is 1.28. The molecule has 15 heavy (non-hydrogen) atoms. The van der Waals surface area contributed by atoms with Crippen molar-refractivity contribution in [3.05, 3.63) is 29.8 Å². The van der Waals surface area contributed by atoms with Gasteiger partial charge in [0.1, 0.15) is 12.4 Å². The van der Waals surface area contributed by atoms with E-state index in [4.69, 9.17) is 9.84 Å². The summed E-state index contributed by atoms with van der Waals surface area (Å²) in [7, 11) is 0. The Hall–Kier alpha value is -1.06. The molecule has 2 rings (SSSR count). The van der Waals surface area contributed by atoms with Crippen LogP contribution in [0.1, 0.15) is 18.4 Å². The SMILES string of the molecule is OCCOc1ccc(CNC2CC2)cc1. The zero-order chi connectivity index (χ0) is 10.5. The van der Waals surface area contributed by atoms with Crippen molar-refractivity contribution in [3.63, 3.8) is 0 Å². The van der Waals surface area contributed by atoms with Crippen LogP contribution in [0.3, 0.4) is 0 Å². The van der Waals surface area contributed by atoms with Gasteiger partial charge in [-0.15, -0.1) is 0 Å². The van der Waals surface area contributed by atoms with Crippen LogP contribution >= 0.6 is 0 Å². The smallest absolute Gasteiger partial charge is 0.119 e. The lowest BCUT2D eigenvalue weighted by Crippen LogP contribution is -2.15. The maximum Gasteiger partial charge on any atom is 0.119 e. The van der Waals surface area contributed by atoms with Gasteiger partial charge in [0, 0.05) is 12.6 Å². The molecule has 1 aliphatic carbocycles. The van der Waals surface area contributed by atoms with Crippen LogP contribution in [-0.4, -0.2) is 24.4 Å². The summed E-state index contributed by atoms with van der Waals surface area (Å²) in [6, 6.07) is 8.75. The Balaban J connectivity index is 1.79. The van der Waals surface area contributed by atoms with Gasteiger partial charge in [0.25, 0.3) is 0 Å². The van der Waals surface area contributed by atoms with Crippen molar-refractivity contribution in [3.8, 4) is 5.75 Å². The molecular formula is C12H17NO2. The predicted octanol–water partition coefficient (Wildman–Crippen LogP) is 1.31. The molecule has 0 heterocycles. The van der Waals surface area contributed by atoms with Gasteiger partial charge in [0.2, 0.25) is 0 Å². The summed E-state index contributed by atoms with van der Waals surface area (Å²) in [6.45, 7) is 1.36. The van der Waals surface area contributed by atoms with Crippen molar-refractivity contribution < 1.29 is 9.84 Å². The van der Waals surface area contributed by atoms with E-state index in [0.29, 0.717) is 6.61 Å². The Labute approximate surface area is 90.1 Å². The van der Waals surface area contributed by atoms with E-state index in [2.05, 4.69) is 17.4 Å². The van der Waals surface area contributed by atoms with Gasteiger partial charge in [-0.1, -0.05) is 12.1 Å². The van der Waals surface area contributed by atoms with Gasteiger partial charge < -0.3 is 15.2 Å². The Morgan fingerprint density at radius 3 is 2.60 bits per heavy atom. The second kappa shape index (κ2) is 5.14. The molecule has 1 aliphatic rings. The van der Waals surface area contributed by atoms with E-state index < -0.39 is 0 Å². The topological polar surface area (TPSA) is 41.5 Å². The molecule has 0 aliphatic heterocycles. The van der Waals surface area contributed by atoms with Crippen LogP contribution in [-0.2, 0) is 6.54 Å². The first-order valence-corrected chi connectivity index (χ1v) is 5.44. The molecular weight excluding hydrogens is 190 g/mol. The number of ether oxygens (including phenoxy) is 1. The molecule has 0 amide bonds. The predicted molar refractivity (Wildman–Crippen MR) is 58.9 cm³/mol. The van der Waals surface area contributed by atoms with Gasteiger partial charge >= 0.3 is 0 Å². The van der Waals surface area contributed by atoms with E-state index in [1.54, 1.807) is 0 Å². The van der Waals surface area contributed by atoms with Gasteiger partial charge in [-0.3, -0.25) is 0 Å². The van der Waals surface area contributed by atoms with Gasteiger partial charge in [0.15, 0.2) is 0 Å². The summed E-state index contributed by atoms with van der Waals surface area (Å²) >= 11 is 0. The van der Waals surface area contributed by atoms with Crippen LogP contribution in [0.2, 0.25) is 0 Å². The lowest BCUT2D eigenvalue weighted by molar-refractivity contribution is 0.201. The minimum absolute atomic E-state index is 0.0605. The maximum absolute atomic E-state index is 8.60. The second-order valence-electron chi connectivity index (χ2n) is 3.87. The lowest BCUT2D eigenvalue weighted by atomic mass is 10.2. The average Bonchev–Trinajstić information content (AvgIpc) is 3.09. The first-order valence-electron chi connectivity index (χ1n) is 5.44. The Bertz CT molecular complexity index is 293. The van der Waals surface area contributed by atoms with Gasteiger partial charge in [0.05, 0.1) is 6.61 Å². The number of aliphatic hydroxyl groups excluding tert-OH is 1. The first kappa shape index (κ1) is 10.5. The quantitative estimate of drug-likeness (QED) is 0.739. The third-order valence-corrected chi connectivity index (χ3v) is 2.46. The van der Waals surface area contributed by atoms with E-state index in [1.165, 1.54) is 18.4 Å². The van der Waals surface area contributed by atoms with Crippen LogP contribution in [0.4, 0.5) is 0 Å². The van der Waals surface area contributed by atoms with Crippen molar-refractivity contribution in [2.75, 3.05) is 13.2 Å². The molecule has 0 radical (unpaired) electrons. The van der Waals surface area contributed by atoms with Crippen LogP contribution in [0.15, 0.2) is 24.3 Å². The normalized spacial score (nSPS) is 15.3. The zero-order valence-corrected chi connectivity index (χ0v) is 8.78. The van der Waals surface area contributed by atoms with Crippen molar-refractivity contribution >= 4 is 0 Å². The minimum atomic E-state index is 0.0605. The number of hydrogen-bond acceptors (Lipinski definition) is 3. The molecule has 82 valence electrons. The molecule has 1 saturated carbocycles. The average molecular weight is 207 g/mol. The third-order valence-electron chi connectivity index (χ3n) is 2.46. The second-order valence-corrected chi connectivity index (χ2v) is 3.87. The highest BCUT2D eigenvalue weighted by atomic mass is 16.5. The number of hydrogen-bond donors (Lipinski definition) is 2. The highest BCUT2D eigenvalue weighted by Crippen LogP contribution is 2.19. The Kier molecular flexibility index (Phi) is 3.59. The van der Waals surface area contributed by atoms with E-state index >= 15 is 0 Å². The Morgan fingerprint density at radius 1 is 1.27 bits per heavy atom. The highest BCUT2D eigenvalue weighted by Gasteiger charge is 2.19. The molecule has 3 heteroatoms. The third kappa shape index (κ3) is 3.53. The molecule has 0 spiro atoms. The molecule has 1 fully saturated rings. The van der Waals surface area contributed by atoms with E-state index in [1.807, 2.05) is 12.1 Å². The fraction of sp³-hybridized carbons (Fsp3) is 0.500. The van der Waals surface area contributed by atoms with E-state index in [0.717, 1.165) is 18.3 Å². The number of rotatable bonds is 6. The molecule has 0 bridgehead atoms. The van der Waals surface area contributed by atoms with Crippen molar-refractivity contribution in [1.29, 1.82) is 0 Å². The summed E-state index contributed by atoms with van der Waals surface area (Å²) in [6.07, 6.45) is 2.63. The maximum atomic E-state index is 8.60. The van der Waals surface area contributed by atoms with Crippen molar-refractivity contribution in [2.45, 2.75) is 25.4 Å². The first-order chi connectivity index (χ1) is 7.38. The fourth-order valence-electron chi connectivity index (χ4n) is 1.42. The molecule has 2 N–H and O–H groups in total. The van der Waals surface area contributed by atoms with Gasteiger partial charge in [-0.05, 0) is 30.5 Å². The minimum Gasteiger partial charge on any atom is -0.491 e. The molecule has 0 unspecified atom stereocenters. The summed E-state index contributed by atoms with van der Waals surface area (Å²) < 4.78 is 5.28. The molecule has 1 aromatic rings. The van der Waals surface area contributed by atoms with Crippen LogP contribution < -0.4 is 10.1 Å². The number of aliphatic hydroxyl groups is 1. The van der Waals surface area contributed by atoms with Crippen LogP contribution in [0.5, 0.6) is 5.75 Å². The summed E-state index contributed by atoms with van der Waals surface area (Å²) in [5.74, 6) is 0.819. The van der Waals surface area contributed by atoms with E-state index in [-0.39, 0.29) is 6.61 Å². The van der Waals surface area contributed by atoms with Gasteiger partial charge in [-0.25, -0.2) is 0 Å².